The Morgan fingerprint density at radius 1 is 1.21 bits per heavy atom. The minimum Gasteiger partial charge on any atom is -0.355 e. The summed E-state index contributed by atoms with van der Waals surface area (Å²) in [6.45, 7) is 5.36. The molecule has 1 aromatic heterocycles. The molecule has 0 spiro atoms. The second-order valence-electron chi connectivity index (χ2n) is 8.71. The maximum absolute atomic E-state index is 12.8. The van der Waals surface area contributed by atoms with Gasteiger partial charge in [0.25, 0.3) is 0 Å². The molecule has 0 aromatic carbocycles. The van der Waals surface area contributed by atoms with E-state index in [-0.39, 0.29) is 23.0 Å². The summed E-state index contributed by atoms with van der Waals surface area (Å²) in [5.41, 5.74) is 1.60. The van der Waals surface area contributed by atoms with E-state index in [1.807, 2.05) is 32.0 Å². The van der Waals surface area contributed by atoms with Crippen LogP contribution >= 0.6 is 0 Å². The van der Waals surface area contributed by atoms with Crippen LogP contribution in [0.15, 0.2) is 18.2 Å². The van der Waals surface area contributed by atoms with Gasteiger partial charge in [-0.1, -0.05) is 32.3 Å². The minimum atomic E-state index is -3.20. The first-order chi connectivity index (χ1) is 13.9. The van der Waals surface area contributed by atoms with Crippen molar-refractivity contribution in [3.63, 3.8) is 0 Å². The lowest BCUT2D eigenvalue weighted by Crippen LogP contribution is -2.51. The average molecular weight is 422 g/mol. The molecule has 7 heteroatoms. The lowest BCUT2D eigenvalue weighted by Gasteiger charge is -2.41. The molecule has 1 aliphatic heterocycles. The van der Waals surface area contributed by atoms with E-state index in [1.165, 1.54) is 6.42 Å². The average Bonchev–Trinajstić information content (AvgIpc) is 2.73. The maximum atomic E-state index is 12.8. The Morgan fingerprint density at radius 3 is 2.52 bits per heavy atom. The van der Waals surface area contributed by atoms with E-state index in [9.17, 15) is 13.2 Å². The number of hydrogen-bond donors (Lipinski definition) is 1. The zero-order valence-electron chi connectivity index (χ0n) is 17.8. The first-order valence-corrected chi connectivity index (χ1v) is 12.7. The van der Waals surface area contributed by atoms with Crippen molar-refractivity contribution in [3.05, 3.63) is 29.6 Å². The molecule has 1 amide bonds. The Balaban J connectivity index is 1.74. The van der Waals surface area contributed by atoms with E-state index in [0.717, 1.165) is 37.1 Å². The van der Waals surface area contributed by atoms with E-state index in [1.54, 1.807) is 4.31 Å². The number of sulfonamides is 1. The van der Waals surface area contributed by atoms with E-state index >= 15 is 0 Å². The molecule has 2 aliphatic rings. The number of hydrogen-bond acceptors (Lipinski definition) is 4. The summed E-state index contributed by atoms with van der Waals surface area (Å²) < 4.78 is 26.6. The fourth-order valence-electron chi connectivity index (χ4n) is 4.71. The highest BCUT2D eigenvalue weighted by Gasteiger charge is 2.40. The lowest BCUT2D eigenvalue weighted by atomic mass is 9.75. The molecule has 0 unspecified atom stereocenters. The highest BCUT2D eigenvalue weighted by Crippen LogP contribution is 2.35. The summed E-state index contributed by atoms with van der Waals surface area (Å²) in [5, 5.41) is 3.21. The molecule has 29 heavy (non-hydrogen) atoms. The first kappa shape index (κ1) is 22.2. The quantitative estimate of drug-likeness (QED) is 0.733. The summed E-state index contributed by atoms with van der Waals surface area (Å²) >= 11 is 0. The number of rotatable bonds is 7. The Morgan fingerprint density at radius 2 is 1.90 bits per heavy atom. The third-order valence-corrected chi connectivity index (χ3v) is 8.62. The van der Waals surface area contributed by atoms with Gasteiger partial charge in [0.15, 0.2) is 0 Å². The molecule has 2 fully saturated rings. The number of aryl methyl sites for hydroxylation is 1. The summed E-state index contributed by atoms with van der Waals surface area (Å²) in [5.74, 6) is 0.468. The number of nitrogens with zero attached hydrogens (tertiary/aromatic N) is 2. The standard InChI is InChI=1S/C22H35N3O3S/c1-3-16-29(27,28)25-14-12-22(13-15-25,20-11-7-8-18(2)24-20)17-23-21(26)19-9-5-4-6-10-19/h7-8,11,19H,3-6,9-10,12-17H2,1-2H3,(H,23,26). The number of carbonyl (C=O) groups is 1. The van der Waals surface area contributed by atoms with E-state index in [2.05, 4.69) is 5.32 Å². The van der Waals surface area contributed by atoms with Crippen molar-refractivity contribution in [1.82, 2.24) is 14.6 Å². The normalized spacial score (nSPS) is 21.0. The second kappa shape index (κ2) is 9.56. The largest absolute Gasteiger partial charge is 0.355 e. The van der Waals surface area contributed by atoms with Gasteiger partial charge in [0.2, 0.25) is 15.9 Å². The van der Waals surface area contributed by atoms with Gasteiger partial charge in [0, 0.05) is 42.4 Å². The van der Waals surface area contributed by atoms with Crippen LogP contribution in [0, 0.1) is 12.8 Å². The molecule has 2 heterocycles. The van der Waals surface area contributed by atoms with Crippen LogP contribution in [-0.2, 0) is 20.2 Å². The SMILES string of the molecule is CCCS(=O)(=O)N1CCC(CNC(=O)C2CCCCC2)(c2cccc(C)n2)CC1. The van der Waals surface area contributed by atoms with Crippen molar-refractivity contribution in [3.8, 4) is 0 Å². The van der Waals surface area contributed by atoms with Crippen LogP contribution in [-0.4, -0.2) is 49.0 Å². The van der Waals surface area contributed by atoms with Gasteiger partial charge >= 0.3 is 0 Å². The van der Waals surface area contributed by atoms with Crippen LogP contribution < -0.4 is 5.32 Å². The Hall–Kier alpha value is -1.47. The number of amides is 1. The number of aromatic nitrogens is 1. The Labute approximate surface area is 175 Å². The van der Waals surface area contributed by atoms with Crippen LogP contribution in [0.4, 0.5) is 0 Å². The van der Waals surface area contributed by atoms with Gasteiger partial charge in [-0.25, -0.2) is 12.7 Å². The van der Waals surface area contributed by atoms with Crippen LogP contribution in [0.2, 0.25) is 0 Å². The molecule has 1 aromatic rings. The number of carbonyl (C=O) groups excluding carboxylic acids is 1. The lowest BCUT2D eigenvalue weighted by molar-refractivity contribution is -0.126. The predicted octanol–water partition coefficient (Wildman–Crippen LogP) is 3.16. The molecule has 6 nitrogen and oxygen atoms in total. The minimum absolute atomic E-state index is 0.122. The topological polar surface area (TPSA) is 79.4 Å². The van der Waals surface area contributed by atoms with E-state index in [0.29, 0.717) is 38.9 Å². The van der Waals surface area contributed by atoms with Crippen LogP contribution in [0.3, 0.4) is 0 Å². The third-order valence-electron chi connectivity index (χ3n) is 6.54. The van der Waals surface area contributed by atoms with Gasteiger partial charge in [0.1, 0.15) is 0 Å². The molecular formula is C22H35N3O3S. The van der Waals surface area contributed by atoms with Crippen molar-refractivity contribution in [2.75, 3.05) is 25.4 Å². The van der Waals surface area contributed by atoms with Crippen LogP contribution in [0.1, 0.15) is 69.7 Å². The molecule has 3 rings (SSSR count). The highest BCUT2D eigenvalue weighted by molar-refractivity contribution is 7.89. The van der Waals surface area contributed by atoms with Gasteiger partial charge < -0.3 is 5.32 Å². The number of piperidine rings is 1. The zero-order valence-corrected chi connectivity index (χ0v) is 18.6. The third kappa shape index (κ3) is 5.37. The van der Waals surface area contributed by atoms with Gasteiger partial charge in [0.05, 0.1) is 5.75 Å². The molecule has 0 bridgehead atoms. The van der Waals surface area contributed by atoms with Crippen molar-refractivity contribution in [1.29, 1.82) is 0 Å². The van der Waals surface area contributed by atoms with Gasteiger partial charge in [-0.15, -0.1) is 0 Å². The Kier molecular flexibility index (Phi) is 7.32. The van der Waals surface area contributed by atoms with E-state index in [4.69, 9.17) is 4.98 Å². The van der Waals surface area contributed by atoms with Crippen LogP contribution in [0.5, 0.6) is 0 Å². The summed E-state index contributed by atoms with van der Waals surface area (Å²) in [6.07, 6.45) is 7.42. The molecule has 0 radical (unpaired) electrons. The van der Waals surface area contributed by atoms with Gasteiger partial charge in [-0.3, -0.25) is 9.78 Å². The molecule has 1 N–H and O–H groups in total. The van der Waals surface area contributed by atoms with Gasteiger partial charge in [-0.2, -0.15) is 0 Å². The monoisotopic (exact) mass is 421 g/mol. The van der Waals surface area contributed by atoms with Crippen molar-refractivity contribution >= 4 is 15.9 Å². The molecular weight excluding hydrogens is 386 g/mol. The number of pyridine rings is 1. The first-order valence-electron chi connectivity index (χ1n) is 11.1. The van der Waals surface area contributed by atoms with Crippen molar-refractivity contribution < 1.29 is 13.2 Å². The second-order valence-corrected chi connectivity index (χ2v) is 10.8. The fourth-order valence-corrected chi connectivity index (χ4v) is 6.22. The van der Waals surface area contributed by atoms with Crippen molar-refractivity contribution in [2.24, 2.45) is 5.92 Å². The summed E-state index contributed by atoms with van der Waals surface area (Å²) in [6, 6.07) is 6.00. The summed E-state index contributed by atoms with van der Waals surface area (Å²) in [4.78, 5) is 17.5. The van der Waals surface area contributed by atoms with Crippen molar-refractivity contribution in [2.45, 2.75) is 70.6 Å². The molecule has 1 aliphatic carbocycles. The zero-order chi connectivity index (χ0) is 20.9. The fraction of sp³-hybridized carbons (Fsp3) is 0.727. The summed E-state index contributed by atoms with van der Waals surface area (Å²) in [7, 11) is -3.20. The smallest absolute Gasteiger partial charge is 0.223 e. The predicted molar refractivity (Wildman–Crippen MR) is 115 cm³/mol. The van der Waals surface area contributed by atoms with E-state index < -0.39 is 10.0 Å². The Bertz CT molecular complexity index is 795. The highest BCUT2D eigenvalue weighted by atomic mass is 32.2. The maximum Gasteiger partial charge on any atom is 0.223 e. The number of nitrogens with one attached hydrogen (secondary N) is 1. The molecule has 0 atom stereocenters. The van der Waals surface area contributed by atoms with Crippen LogP contribution in [0.25, 0.3) is 0 Å². The molecule has 162 valence electrons. The van der Waals surface area contributed by atoms with Gasteiger partial charge in [-0.05, 0) is 51.2 Å². The molecule has 1 saturated carbocycles. The molecule has 1 saturated heterocycles.